The van der Waals surface area contributed by atoms with Gasteiger partial charge in [-0.3, -0.25) is 9.69 Å². The fourth-order valence-electron chi connectivity index (χ4n) is 2.95. The molecule has 138 valence electrons. The minimum Gasteiger partial charge on any atom is -0.357 e. The number of hydrogen-bond acceptors (Lipinski definition) is 7. The number of anilines is 2. The third-order valence-corrected chi connectivity index (χ3v) is 6.47. The molecule has 0 atom stereocenters. The van der Waals surface area contributed by atoms with Crippen LogP contribution >= 0.6 is 23.1 Å². The van der Waals surface area contributed by atoms with Gasteiger partial charge in [-0.1, -0.05) is 35.2 Å². The zero-order valence-electron chi connectivity index (χ0n) is 14.6. The summed E-state index contributed by atoms with van der Waals surface area (Å²) >= 11 is 2.94. The molecule has 2 N–H and O–H groups in total. The van der Waals surface area contributed by atoms with Crippen LogP contribution in [0.5, 0.6) is 0 Å². The zero-order chi connectivity index (χ0) is 17.8. The monoisotopic (exact) mass is 389 g/mol. The minimum absolute atomic E-state index is 0.0193. The molecule has 8 heteroatoms. The van der Waals surface area contributed by atoms with Crippen molar-refractivity contribution in [1.82, 2.24) is 15.1 Å². The van der Waals surface area contributed by atoms with Gasteiger partial charge in [-0.15, -0.1) is 10.2 Å². The number of nitrogens with zero attached hydrogens (tertiary/aromatic N) is 3. The lowest BCUT2D eigenvalue weighted by Gasteiger charge is -2.14. The molecule has 0 radical (unpaired) electrons. The zero-order valence-corrected chi connectivity index (χ0v) is 16.2. The van der Waals surface area contributed by atoms with E-state index in [-0.39, 0.29) is 5.91 Å². The molecule has 4 rings (SSSR count). The van der Waals surface area contributed by atoms with Crippen LogP contribution in [0.25, 0.3) is 0 Å². The predicted molar refractivity (Wildman–Crippen MR) is 107 cm³/mol. The molecule has 26 heavy (non-hydrogen) atoms. The molecule has 2 heterocycles. The number of thioether (sulfide) groups is 1. The summed E-state index contributed by atoms with van der Waals surface area (Å²) < 4.78 is 0.823. The number of carbonyl (C=O) groups excluding carboxylic acids is 1. The van der Waals surface area contributed by atoms with Gasteiger partial charge in [0.2, 0.25) is 11.0 Å². The number of benzene rings is 1. The van der Waals surface area contributed by atoms with Crippen molar-refractivity contribution in [3.8, 4) is 0 Å². The molecule has 1 saturated carbocycles. The Morgan fingerprint density at radius 3 is 2.69 bits per heavy atom. The van der Waals surface area contributed by atoms with Gasteiger partial charge >= 0.3 is 0 Å². The number of rotatable bonds is 8. The van der Waals surface area contributed by atoms with Gasteiger partial charge in [0.05, 0.1) is 5.75 Å². The van der Waals surface area contributed by atoms with Gasteiger partial charge in [-0.25, -0.2) is 0 Å². The molecule has 2 aliphatic rings. The highest BCUT2D eigenvalue weighted by Crippen LogP contribution is 2.30. The van der Waals surface area contributed by atoms with Gasteiger partial charge in [0.15, 0.2) is 4.34 Å². The second-order valence-corrected chi connectivity index (χ2v) is 9.01. The van der Waals surface area contributed by atoms with Gasteiger partial charge in [-0.2, -0.15) is 0 Å². The number of nitrogens with one attached hydrogen (secondary N) is 2. The van der Waals surface area contributed by atoms with E-state index in [4.69, 9.17) is 0 Å². The third kappa shape index (κ3) is 5.18. The largest absolute Gasteiger partial charge is 0.357 e. The van der Waals surface area contributed by atoms with Crippen LogP contribution in [0, 0.1) is 0 Å². The molecule has 1 aliphatic carbocycles. The number of carbonyl (C=O) groups is 1. The van der Waals surface area contributed by atoms with Crippen molar-refractivity contribution in [2.45, 2.75) is 42.6 Å². The molecular weight excluding hydrogens is 366 g/mol. The van der Waals surface area contributed by atoms with Crippen molar-refractivity contribution >= 4 is 39.8 Å². The quantitative estimate of drug-likeness (QED) is 0.674. The predicted octanol–water partition coefficient (Wildman–Crippen LogP) is 3.44. The first kappa shape index (κ1) is 17.8. The fourth-order valence-corrected chi connectivity index (χ4v) is 4.57. The lowest BCUT2D eigenvalue weighted by molar-refractivity contribution is -0.113. The summed E-state index contributed by atoms with van der Waals surface area (Å²) in [4.78, 5) is 14.6. The third-order valence-electron chi connectivity index (χ3n) is 4.48. The first-order valence-electron chi connectivity index (χ1n) is 9.08. The first-order chi connectivity index (χ1) is 12.7. The second-order valence-electron chi connectivity index (χ2n) is 6.81. The molecular formula is C18H23N5OS2. The van der Waals surface area contributed by atoms with Crippen LogP contribution < -0.4 is 10.6 Å². The average Bonchev–Trinajstić information content (AvgIpc) is 3.11. The Balaban J connectivity index is 1.21. The summed E-state index contributed by atoms with van der Waals surface area (Å²) in [7, 11) is 0. The normalized spacial score (nSPS) is 17.4. The number of aromatic nitrogens is 2. The molecule has 1 amide bonds. The minimum atomic E-state index is -0.0193. The van der Waals surface area contributed by atoms with E-state index in [1.165, 1.54) is 67.4 Å². The Morgan fingerprint density at radius 1 is 1.19 bits per heavy atom. The van der Waals surface area contributed by atoms with Crippen molar-refractivity contribution < 1.29 is 4.79 Å². The van der Waals surface area contributed by atoms with E-state index in [0.717, 1.165) is 21.7 Å². The topological polar surface area (TPSA) is 70.1 Å². The van der Waals surface area contributed by atoms with E-state index < -0.39 is 0 Å². The maximum absolute atomic E-state index is 12.1. The van der Waals surface area contributed by atoms with Crippen molar-refractivity contribution in [3.63, 3.8) is 0 Å². The van der Waals surface area contributed by atoms with Crippen molar-refractivity contribution in [2.75, 3.05) is 29.5 Å². The van der Waals surface area contributed by atoms with E-state index in [1.54, 1.807) is 0 Å². The summed E-state index contributed by atoms with van der Waals surface area (Å²) in [5.41, 5.74) is 2.14. The Morgan fingerprint density at radius 2 is 1.96 bits per heavy atom. The second kappa shape index (κ2) is 8.37. The lowest BCUT2D eigenvalue weighted by Crippen LogP contribution is -2.18. The van der Waals surface area contributed by atoms with Gasteiger partial charge in [-0.05, 0) is 56.5 Å². The smallest absolute Gasteiger partial charge is 0.234 e. The first-order valence-corrected chi connectivity index (χ1v) is 10.9. The number of likely N-dealkylation sites (tertiary alicyclic amines) is 1. The Kier molecular flexibility index (Phi) is 5.72. The van der Waals surface area contributed by atoms with Crippen LogP contribution in [0.4, 0.5) is 10.8 Å². The number of hydrogen-bond donors (Lipinski definition) is 2. The Labute approximate surface area is 161 Å². The van der Waals surface area contributed by atoms with Crippen LogP contribution in [0.3, 0.4) is 0 Å². The maximum Gasteiger partial charge on any atom is 0.234 e. The summed E-state index contributed by atoms with van der Waals surface area (Å²) in [6.07, 6.45) is 5.03. The van der Waals surface area contributed by atoms with Crippen molar-refractivity contribution in [2.24, 2.45) is 0 Å². The SMILES string of the molecule is O=C(CSc1nnc(NC2CC2)s1)Nc1ccc(CN2CCCC2)cc1. The van der Waals surface area contributed by atoms with Crippen molar-refractivity contribution in [3.05, 3.63) is 29.8 Å². The highest BCUT2D eigenvalue weighted by Gasteiger charge is 2.22. The molecule has 2 aromatic rings. The Bertz CT molecular complexity index is 738. The summed E-state index contributed by atoms with van der Waals surface area (Å²) in [6, 6.07) is 8.73. The molecule has 6 nitrogen and oxygen atoms in total. The van der Waals surface area contributed by atoms with Crippen LogP contribution in [0.15, 0.2) is 28.6 Å². The maximum atomic E-state index is 12.1. The van der Waals surface area contributed by atoms with Crippen LogP contribution in [0.2, 0.25) is 0 Å². The molecule has 0 spiro atoms. The molecule has 1 aromatic carbocycles. The van der Waals surface area contributed by atoms with Gasteiger partial charge in [0, 0.05) is 18.3 Å². The molecule has 0 unspecified atom stereocenters. The lowest BCUT2D eigenvalue weighted by atomic mass is 10.2. The molecule has 1 aliphatic heterocycles. The standard InChI is InChI=1S/C18H23N5OS2/c24-16(12-25-18-22-21-17(26-18)20-15-7-8-15)19-14-5-3-13(4-6-14)11-23-9-1-2-10-23/h3-6,15H,1-2,7-12H2,(H,19,24)(H,20,21). The molecule has 1 aromatic heterocycles. The van der Waals surface area contributed by atoms with E-state index in [1.807, 2.05) is 12.1 Å². The van der Waals surface area contributed by atoms with E-state index in [0.29, 0.717) is 11.8 Å². The molecule has 0 bridgehead atoms. The summed E-state index contributed by atoms with van der Waals surface area (Å²) in [5, 5.41) is 15.4. The Hall–Kier alpha value is -1.64. The highest BCUT2D eigenvalue weighted by molar-refractivity contribution is 8.01. The fraction of sp³-hybridized carbons (Fsp3) is 0.500. The van der Waals surface area contributed by atoms with Crippen molar-refractivity contribution in [1.29, 1.82) is 0 Å². The van der Waals surface area contributed by atoms with E-state index >= 15 is 0 Å². The van der Waals surface area contributed by atoms with Crippen LogP contribution in [-0.4, -0.2) is 45.9 Å². The number of amides is 1. The van der Waals surface area contributed by atoms with E-state index in [9.17, 15) is 4.79 Å². The highest BCUT2D eigenvalue weighted by atomic mass is 32.2. The van der Waals surface area contributed by atoms with Gasteiger partial charge in [0.1, 0.15) is 0 Å². The van der Waals surface area contributed by atoms with E-state index in [2.05, 4.69) is 37.9 Å². The van der Waals surface area contributed by atoms with Crippen LogP contribution in [-0.2, 0) is 11.3 Å². The molecule has 1 saturated heterocycles. The van der Waals surface area contributed by atoms with Gasteiger partial charge < -0.3 is 10.6 Å². The van der Waals surface area contributed by atoms with Gasteiger partial charge in [0.25, 0.3) is 0 Å². The summed E-state index contributed by atoms with van der Waals surface area (Å²) in [6.45, 7) is 3.39. The summed E-state index contributed by atoms with van der Waals surface area (Å²) in [5.74, 6) is 0.322. The molecule has 2 fully saturated rings. The average molecular weight is 390 g/mol. The van der Waals surface area contributed by atoms with Crippen LogP contribution in [0.1, 0.15) is 31.2 Å².